The number of alkyl halides is 1. The Hall–Kier alpha value is -7.39. The van der Waals surface area contributed by atoms with Crippen LogP contribution in [0.1, 0.15) is 66.6 Å². The molecule has 12 rings (SSSR count). The highest BCUT2D eigenvalue weighted by Crippen LogP contribution is 2.35. The van der Waals surface area contributed by atoms with Crippen molar-refractivity contribution in [2.75, 3.05) is 7.15 Å². The van der Waals surface area contributed by atoms with E-state index in [4.69, 9.17) is 11.3 Å². The van der Waals surface area contributed by atoms with Gasteiger partial charge in [-0.25, -0.2) is 0 Å². The van der Waals surface area contributed by atoms with Gasteiger partial charge in [-0.15, -0.1) is 0 Å². The molecule has 0 bridgehead atoms. The number of nitrogens with zero attached hydrogens (tertiary/aromatic N) is 6. The molecule has 9 heteroatoms. The molecule has 0 saturated heterocycles. The number of pyridine rings is 4. The van der Waals surface area contributed by atoms with Crippen molar-refractivity contribution in [3.05, 3.63) is 146 Å². The first-order valence-corrected chi connectivity index (χ1v) is 23.4. The average molecular weight is 872 g/mol. The van der Waals surface area contributed by atoms with Gasteiger partial charge in [-0.05, 0) is 61.4 Å². The zero-order chi connectivity index (χ0) is 45.7. The molecule has 12 aromatic rings. The van der Waals surface area contributed by atoms with E-state index in [1.165, 1.54) is 117 Å². The van der Waals surface area contributed by atoms with E-state index in [1.807, 2.05) is 24.5 Å². The fourth-order valence-corrected chi connectivity index (χ4v) is 9.83. The number of aromatic amines is 2. The first kappa shape index (κ1) is 41.3. The summed E-state index contributed by atoms with van der Waals surface area (Å²) in [6.45, 7) is 6.60. The maximum atomic E-state index is 9.96. The molecule has 66 heavy (non-hydrogen) atoms. The molecule has 0 aliphatic rings. The molecule has 0 radical (unpaired) electrons. The first-order chi connectivity index (χ1) is 33.1. The molecular formula is C57H55FN8. The molecule has 0 aliphatic heterocycles. The summed E-state index contributed by atoms with van der Waals surface area (Å²) < 4.78 is 20.4. The van der Waals surface area contributed by atoms with Crippen LogP contribution in [-0.2, 0) is 13.1 Å². The van der Waals surface area contributed by atoms with Crippen LogP contribution in [0.5, 0.6) is 0 Å². The molecule has 0 spiro atoms. The van der Waals surface area contributed by atoms with Crippen LogP contribution in [0.15, 0.2) is 146 Å². The summed E-state index contributed by atoms with van der Waals surface area (Å²) >= 11 is 0. The third-order valence-corrected chi connectivity index (χ3v) is 13.1. The van der Waals surface area contributed by atoms with E-state index in [-0.39, 0.29) is 0 Å². The van der Waals surface area contributed by atoms with E-state index >= 15 is 0 Å². The van der Waals surface area contributed by atoms with Crippen molar-refractivity contribution in [2.45, 2.75) is 78.3 Å². The van der Waals surface area contributed by atoms with Gasteiger partial charge in [0.05, 0.1) is 78.2 Å². The summed E-state index contributed by atoms with van der Waals surface area (Å²) in [4.78, 5) is 26.0. The van der Waals surface area contributed by atoms with Crippen LogP contribution in [-0.4, -0.2) is 46.2 Å². The van der Waals surface area contributed by atoms with Gasteiger partial charge < -0.3 is 19.1 Å². The van der Waals surface area contributed by atoms with Crippen molar-refractivity contribution in [1.29, 1.82) is 0 Å². The van der Waals surface area contributed by atoms with Gasteiger partial charge in [-0.2, -0.15) is 0 Å². The van der Waals surface area contributed by atoms with E-state index in [2.05, 4.69) is 165 Å². The Morgan fingerprint density at radius 3 is 1.20 bits per heavy atom. The maximum absolute atomic E-state index is 9.96. The number of H-pyrrole nitrogens is 2. The number of aromatic nitrogens is 8. The molecule has 0 fully saturated rings. The van der Waals surface area contributed by atoms with Crippen molar-refractivity contribution >= 4 is 87.2 Å². The quantitative estimate of drug-likeness (QED) is 0.120. The van der Waals surface area contributed by atoms with Gasteiger partial charge in [0.15, 0.2) is 0 Å². The number of nitrogens with one attached hydrogen (secondary N) is 2. The monoisotopic (exact) mass is 871 g/mol. The second-order valence-electron chi connectivity index (χ2n) is 17.2. The summed E-state index contributed by atoms with van der Waals surface area (Å²) in [6.07, 6.45) is 18.0. The lowest BCUT2D eigenvalue weighted by molar-refractivity contribution is 0.602. The number of para-hydroxylation sites is 4. The highest BCUT2D eigenvalue weighted by atomic mass is 19.1. The lowest BCUT2D eigenvalue weighted by Crippen LogP contribution is -1.99. The van der Waals surface area contributed by atoms with Crippen molar-refractivity contribution in [3.8, 4) is 22.8 Å². The normalized spacial score (nSPS) is 11.8. The number of hydrogen-bond acceptors (Lipinski definition) is 4. The molecule has 0 amide bonds. The van der Waals surface area contributed by atoms with Crippen molar-refractivity contribution in [3.63, 3.8) is 0 Å². The number of fused-ring (bicyclic) bond motifs is 12. The maximum Gasteiger partial charge on any atom is 0.0894 e. The Balaban J connectivity index is 0.000000157. The number of benzene rings is 4. The van der Waals surface area contributed by atoms with E-state index in [0.29, 0.717) is 0 Å². The fraction of sp³-hybridized carbons (Fsp3) is 0.228. The summed E-state index contributed by atoms with van der Waals surface area (Å²) in [6, 6.07) is 42.9. The third kappa shape index (κ3) is 7.93. The van der Waals surface area contributed by atoms with E-state index in [9.17, 15) is 4.39 Å². The lowest BCUT2D eigenvalue weighted by atomic mass is 10.1. The minimum Gasteiger partial charge on any atom is -0.353 e. The molecule has 0 atom stereocenters. The predicted molar refractivity (Wildman–Crippen MR) is 275 cm³/mol. The van der Waals surface area contributed by atoms with Crippen LogP contribution in [0.2, 0.25) is 0 Å². The van der Waals surface area contributed by atoms with Crippen LogP contribution in [0.4, 0.5) is 4.39 Å². The number of unbranched alkanes of at least 4 members (excludes halogenated alkanes) is 6. The minimum atomic E-state index is -1.00. The van der Waals surface area contributed by atoms with E-state index < -0.39 is 7.15 Å². The Bertz CT molecular complexity index is 3420. The number of halogens is 1. The summed E-state index contributed by atoms with van der Waals surface area (Å²) in [7, 11) is -1.00. The third-order valence-electron chi connectivity index (χ3n) is 13.1. The van der Waals surface area contributed by atoms with Gasteiger partial charge in [-0.1, -0.05) is 125 Å². The summed E-state index contributed by atoms with van der Waals surface area (Å²) in [5.41, 5.74) is 13.0. The van der Waals surface area contributed by atoms with Crippen LogP contribution < -0.4 is 0 Å². The molecule has 8 aromatic heterocycles. The Morgan fingerprint density at radius 2 is 0.773 bits per heavy atom. The molecule has 8 heterocycles. The Kier molecular flexibility index (Phi) is 11.9. The second-order valence-corrected chi connectivity index (χ2v) is 17.2. The molecular weight excluding hydrogens is 816 g/mol. The fourth-order valence-electron chi connectivity index (χ4n) is 9.83. The highest BCUT2D eigenvalue weighted by molar-refractivity contribution is 6.12. The van der Waals surface area contributed by atoms with Crippen molar-refractivity contribution < 1.29 is 5.76 Å². The topological polar surface area (TPSA) is 93.0 Å². The van der Waals surface area contributed by atoms with Gasteiger partial charge in [0.1, 0.15) is 0 Å². The largest absolute Gasteiger partial charge is 0.353 e. The van der Waals surface area contributed by atoms with Gasteiger partial charge in [-0.3, -0.25) is 24.3 Å². The minimum absolute atomic E-state index is 0.884. The highest BCUT2D eigenvalue weighted by Gasteiger charge is 2.16. The van der Waals surface area contributed by atoms with E-state index in [1.54, 1.807) is 0 Å². The molecule has 330 valence electrons. The second kappa shape index (κ2) is 19.0. The molecule has 0 aliphatic carbocycles. The Morgan fingerprint density at radius 1 is 0.409 bits per heavy atom. The number of rotatable bonds is 12. The molecule has 0 unspecified atom stereocenters. The van der Waals surface area contributed by atoms with Crippen LogP contribution >= 0.6 is 0 Å². The lowest BCUT2D eigenvalue weighted by Gasteiger charge is -2.08. The van der Waals surface area contributed by atoms with Gasteiger partial charge in [0.25, 0.3) is 0 Å². The molecule has 8 nitrogen and oxygen atoms in total. The smallest absolute Gasteiger partial charge is 0.0894 e. The average Bonchev–Trinajstić information content (AvgIpc) is 4.12. The zero-order valence-corrected chi connectivity index (χ0v) is 37.7. The van der Waals surface area contributed by atoms with Crippen LogP contribution in [0, 0.1) is 0 Å². The summed E-state index contributed by atoms with van der Waals surface area (Å²) in [5, 5.41) is 9.89. The molecule has 0 saturated carbocycles. The standard InChI is InChI=1S/C34H38N4.C22H14N4.CH3F/c1-3-5-7-13-19-37-31-17-11-9-15-25(31)27-21-29(35-23-33(27)37)30-22-28-26-16-10-12-18-32(26)38(34(28)24-36-30)20-14-8-6-4-2;1-3-7-17-13(5-1)15-9-19(23-11-21(15)25-17)20-10-16-14-6-2-4-8-18(14)26-22(16)12-24-20;1-2/h9-12,15-18,21-24H,3-8,13-14,19-20H2,1-2H3;1-12,25-26H;1H3/i;;1D. The van der Waals surface area contributed by atoms with Crippen LogP contribution in [0.3, 0.4) is 0 Å². The van der Waals surface area contributed by atoms with Gasteiger partial charge >= 0.3 is 0 Å². The molecule has 2 N–H and O–H groups in total. The van der Waals surface area contributed by atoms with E-state index in [0.717, 1.165) is 57.9 Å². The zero-order valence-electron chi connectivity index (χ0n) is 38.7. The summed E-state index contributed by atoms with van der Waals surface area (Å²) in [5.74, 6) is 0. The van der Waals surface area contributed by atoms with Crippen molar-refractivity contribution in [1.82, 2.24) is 39.0 Å². The van der Waals surface area contributed by atoms with Gasteiger partial charge in [0.2, 0.25) is 0 Å². The predicted octanol–water partition coefficient (Wildman–Crippen LogP) is 15.5. The van der Waals surface area contributed by atoms with Crippen LogP contribution in [0.25, 0.3) is 110 Å². The SMILES string of the molecule is CCCCCCn1c2ccccc2c2cc(-c3cc4c5ccccc5n(CCCCCC)c4cn3)ncc21.[2H]CF.c1ccc2c(c1)[nH]c1cnc(-c3cc4c(cn3)[nH]c3ccccc34)cc12. The van der Waals surface area contributed by atoms with Crippen molar-refractivity contribution in [2.24, 2.45) is 0 Å². The number of hydrogen-bond donors (Lipinski definition) is 2. The number of aryl methyl sites for hydroxylation is 2. The first-order valence-electron chi connectivity index (χ1n) is 24.1. The Labute approximate surface area is 385 Å². The molecule has 4 aromatic carbocycles. The van der Waals surface area contributed by atoms with Gasteiger partial charge in [0, 0.05) is 78.2 Å².